The Morgan fingerprint density at radius 3 is 1.53 bits per heavy atom. The molecule has 0 radical (unpaired) electrons. The van der Waals surface area contributed by atoms with Gasteiger partial charge in [0, 0.05) is 0 Å². The van der Waals surface area contributed by atoms with Crippen molar-refractivity contribution < 1.29 is 20.4 Å². The van der Waals surface area contributed by atoms with Gasteiger partial charge < -0.3 is 10.2 Å². The number of hydrogen-bond donors (Lipinski definition) is 3. The van der Waals surface area contributed by atoms with Crippen molar-refractivity contribution in [2.45, 2.75) is 65.3 Å². The molecule has 0 fully saturated rings. The molecule has 102 valence electrons. The van der Waals surface area contributed by atoms with E-state index >= 15 is 0 Å². The van der Waals surface area contributed by atoms with Gasteiger partial charge in [-0.15, -0.1) is 0 Å². The summed E-state index contributed by atoms with van der Waals surface area (Å²) >= 11 is 0. The second-order valence-corrected chi connectivity index (χ2v) is 6.21. The van der Waals surface area contributed by atoms with Crippen LogP contribution in [0, 0.1) is 5.41 Å². The molecule has 0 saturated heterocycles. The molecule has 0 saturated carbocycles. The molecule has 4 nitrogen and oxygen atoms in total. The van der Waals surface area contributed by atoms with Gasteiger partial charge in [0.25, 0.3) is 0 Å². The van der Waals surface area contributed by atoms with Gasteiger partial charge in [-0.25, -0.2) is 4.89 Å². The lowest BCUT2D eigenvalue weighted by atomic mass is 9.62. The highest BCUT2D eigenvalue weighted by Crippen LogP contribution is 2.46. The number of aliphatic hydroxyl groups is 2. The molecule has 4 heteroatoms. The average Bonchev–Trinajstić information content (AvgIpc) is 2.09. The summed E-state index contributed by atoms with van der Waals surface area (Å²) in [6.07, 6.45) is 3.12. The Morgan fingerprint density at radius 2 is 1.35 bits per heavy atom. The summed E-state index contributed by atoms with van der Waals surface area (Å²) < 4.78 is 0. The van der Waals surface area contributed by atoms with Crippen LogP contribution in [0.2, 0.25) is 0 Å². The van der Waals surface area contributed by atoms with Crippen LogP contribution in [0.15, 0.2) is 12.2 Å². The van der Waals surface area contributed by atoms with Gasteiger partial charge in [-0.2, -0.15) is 0 Å². The summed E-state index contributed by atoms with van der Waals surface area (Å²) in [6, 6.07) is 0. The van der Waals surface area contributed by atoms with Crippen LogP contribution in [0.4, 0.5) is 0 Å². The summed E-state index contributed by atoms with van der Waals surface area (Å²) in [4.78, 5) is 4.55. The first-order valence-corrected chi connectivity index (χ1v) is 5.78. The first-order chi connectivity index (χ1) is 7.37. The molecule has 0 bridgehead atoms. The molecular formula is C13H26O4. The van der Waals surface area contributed by atoms with Crippen molar-refractivity contribution in [1.82, 2.24) is 0 Å². The predicted octanol–water partition coefficient (Wildman–Crippen LogP) is 2.36. The number of allylic oxidation sites excluding steroid dienone is 1. The first-order valence-electron chi connectivity index (χ1n) is 5.78. The zero-order chi connectivity index (χ0) is 14.1. The van der Waals surface area contributed by atoms with Crippen molar-refractivity contribution in [3.8, 4) is 0 Å². The second kappa shape index (κ2) is 4.69. The summed E-state index contributed by atoms with van der Waals surface area (Å²) in [6.45, 7) is 11.7. The van der Waals surface area contributed by atoms with E-state index in [2.05, 4.69) is 4.89 Å². The van der Waals surface area contributed by atoms with Crippen LogP contribution in [-0.4, -0.2) is 32.3 Å². The van der Waals surface area contributed by atoms with E-state index in [-0.39, 0.29) is 0 Å². The molecule has 0 heterocycles. The third-order valence-electron chi connectivity index (χ3n) is 3.64. The monoisotopic (exact) mass is 246 g/mol. The van der Waals surface area contributed by atoms with Crippen LogP contribution in [-0.2, 0) is 4.89 Å². The smallest absolute Gasteiger partial charge is 0.178 e. The molecule has 0 amide bonds. The van der Waals surface area contributed by atoms with E-state index in [1.54, 1.807) is 19.9 Å². The Labute approximate surface area is 104 Å². The zero-order valence-corrected chi connectivity index (χ0v) is 11.9. The van der Waals surface area contributed by atoms with Gasteiger partial charge in [-0.3, -0.25) is 5.26 Å². The highest BCUT2D eigenvalue weighted by atomic mass is 17.1. The van der Waals surface area contributed by atoms with Gasteiger partial charge in [0.05, 0.1) is 5.60 Å². The lowest BCUT2D eigenvalue weighted by Crippen LogP contribution is -2.69. The molecule has 0 aromatic heterocycles. The van der Waals surface area contributed by atoms with Gasteiger partial charge in [0.2, 0.25) is 0 Å². The lowest BCUT2D eigenvalue weighted by molar-refractivity contribution is -0.392. The standard InChI is InChI=1S/C13H26O4/c1-8-9-13(17-16,11(5,6)14)12(7,15)10(2,3)4/h8-9,14-16H,1-7H3/b9-8+. The number of hydrogen-bond acceptors (Lipinski definition) is 4. The van der Waals surface area contributed by atoms with E-state index < -0.39 is 22.2 Å². The maximum absolute atomic E-state index is 10.7. The molecule has 0 spiro atoms. The summed E-state index contributed by atoms with van der Waals surface area (Å²) in [5, 5.41) is 30.3. The lowest BCUT2D eigenvalue weighted by Gasteiger charge is -2.53. The normalized spacial score (nSPS) is 21.3. The van der Waals surface area contributed by atoms with Crippen molar-refractivity contribution in [3.63, 3.8) is 0 Å². The van der Waals surface area contributed by atoms with E-state index in [0.717, 1.165) is 0 Å². The van der Waals surface area contributed by atoms with E-state index in [1.165, 1.54) is 19.9 Å². The van der Waals surface area contributed by atoms with E-state index in [0.29, 0.717) is 0 Å². The zero-order valence-electron chi connectivity index (χ0n) is 11.9. The van der Waals surface area contributed by atoms with Crippen LogP contribution >= 0.6 is 0 Å². The third kappa shape index (κ3) is 2.55. The molecule has 0 aromatic carbocycles. The van der Waals surface area contributed by atoms with Gasteiger partial charge >= 0.3 is 0 Å². The molecule has 2 unspecified atom stereocenters. The van der Waals surface area contributed by atoms with E-state index in [9.17, 15) is 15.5 Å². The molecule has 0 rings (SSSR count). The molecule has 3 N–H and O–H groups in total. The number of rotatable bonds is 4. The largest absolute Gasteiger partial charge is 0.387 e. The van der Waals surface area contributed by atoms with Crippen molar-refractivity contribution in [1.29, 1.82) is 0 Å². The van der Waals surface area contributed by atoms with Crippen LogP contribution in [0.5, 0.6) is 0 Å². The molecule has 0 aliphatic rings. The predicted molar refractivity (Wildman–Crippen MR) is 67.6 cm³/mol. The maximum Gasteiger partial charge on any atom is 0.178 e. The van der Waals surface area contributed by atoms with Gasteiger partial charge in [0.15, 0.2) is 5.60 Å². The quantitative estimate of drug-likeness (QED) is 0.404. The van der Waals surface area contributed by atoms with Crippen molar-refractivity contribution >= 4 is 0 Å². The molecule has 0 aliphatic carbocycles. The maximum atomic E-state index is 10.7. The van der Waals surface area contributed by atoms with Crippen LogP contribution in [0.25, 0.3) is 0 Å². The Balaban J connectivity index is 5.97. The topological polar surface area (TPSA) is 69.9 Å². The second-order valence-electron chi connectivity index (χ2n) is 6.21. The minimum absolute atomic E-state index is 0.602. The minimum Gasteiger partial charge on any atom is -0.387 e. The fourth-order valence-electron chi connectivity index (χ4n) is 1.98. The molecule has 0 aromatic rings. The van der Waals surface area contributed by atoms with Crippen LogP contribution < -0.4 is 0 Å². The molecule has 17 heavy (non-hydrogen) atoms. The Morgan fingerprint density at radius 1 is 0.941 bits per heavy atom. The third-order valence-corrected chi connectivity index (χ3v) is 3.64. The van der Waals surface area contributed by atoms with Gasteiger partial charge in [0.1, 0.15) is 5.60 Å². The highest BCUT2D eigenvalue weighted by molar-refractivity contribution is 5.21. The van der Waals surface area contributed by atoms with Crippen molar-refractivity contribution in [2.75, 3.05) is 0 Å². The summed E-state index contributed by atoms with van der Waals surface area (Å²) in [7, 11) is 0. The van der Waals surface area contributed by atoms with Gasteiger partial charge in [-0.05, 0) is 39.2 Å². The van der Waals surface area contributed by atoms with Crippen LogP contribution in [0.3, 0.4) is 0 Å². The minimum atomic E-state index is -1.60. The Bertz CT molecular complexity index is 281. The van der Waals surface area contributed by atoms with Gasteiger partial charge in [-0.1, -0.05) is 26.8 Å². The van der Waals surface area contributed by atoms with E-state index in [4.69, 9.17) is 0 Å². The Hall–Kier alpha value is -0.420. The highest BCUT2D eigenvalue weighted by Gasteiger charge is 2.61. The Kier molecular flexibility index (Phi) is 4.57. The fraction of sp³-hybridized carbons (Fsp3) is 0.846. The SMILES string of the molecule is C/C=C/C(OO)(C(C)(C)O)C(C)(O)C(C)(C)C. The fourth-order valence-corrected chi connectivity index (χ4v) is 1.98. The first kappa shape index (κ1) is 16.6. The van der Waals surface area contributed by atoms with Crippen molar-refractivity contribution in [2.24, 2.45) is 5.41 Å². The van der Waals surface area contributed by atoms with Crippen LogP contribution in [0.1, 0.15) is 48.5 Å². The molecule has 2 atom stereocenters. The summed E-state index contributed by atoms with van der Waals surface area (Å²) in [5.41, 5.74) is -5.13. The average molecular weight is 246 g/mol. The van der Waals surface area contributed by atoms with Crippen molar-refractivity contribution in [3.05, 3.63) is 12.2 Å². The molecule has 0 aliphatic heterocycles. The molecular weight excluding hydrogens is 220 g/mol. The van der Waals surface area contributed by atoms with E-state index in [1.807, 2.05) is 20.8 Å². The summed E-state index contributed by atoms with van der Waals surface area (Å²) in [5.74, 6) is 0.